The number of rotatable bonds is 3. The number of para-hydroxylation sites is 1. The highest BCUT2D eigenvalue weighted by Gasteiger charge is 2.35. The molecular weight excluding hydrogens is 248 g/mol. The van der Waals surface area contributed by atoms with Crippen LogP contribution in [0.4, 0.5) is 5.69 Å². The fraction of sp³-hybridized carbons (Fsp3) is 0.588. The summed E-state index contributed by atoms with van der Waals surface area (Å²) in [6.45, 7) is 10.2. The van der Waals surface area contributed by atoms with Gasteiger partial charge in [-0.1, -0.05) is 24.6 Å². The van der Waals surface area contributed by atoms with E-state index >= 15 is 0 Å². The van der Waals surface area contributed by atoms with Crippen molar-refractivity contribution in [3.63, 3.8) is 0 Å². The van der Waals surface area contributed by atoms with Gasteiger partial charge in [-0.2, -0.15) is 0 Å². The van der Waals surface area contributed by atoms with Gasteiger partial charge in [0.05, 0.1) is 5.54 Å². The first-order valence-corrected chi connectivity index (χ1v) is 7.55. The van der Waals surface area contributed by atoms with Crippen molar-refractivity contribution in [3.05, 3.63) is 29.3 Å². The molecule has 0 aliphatic carbocycles. The number of piperidine rings is 1. The Kier molecular flexibility index (Phi) is 4.48. The lowest BCUT2D eigenvalue weighted by Crippen LogP contribution is -2.54. The summed E-state index contributed by atoms with van der Waals surface area (Å²) in [6.07, 6.45) is 3.67. The van der Waals surface area contributed by atoms with Crippen LogP contribution in [-0.2, 0) is 4.79 Å². The van der Waals surface area contributed by atoms with E-state index in [1.807, 2.05) is 45.9 Å². The molecule has 1 aliphatic rings. The molecule has 2 rings (SSSR count). The van der Waals surface area contributed by atoms with Crippen LogP contribution in [-0.4, -0.2) is 29.4 Å². The van der Waals surface area contributed by atoms with E-state index in [2.05, 4.69) is 10.2 Å². The molecule has 0 bridgehead atoms. The number of anilines is 1. The first kappa shape index (κ1) is 15.0. The molecule has 1 amide bonds. The molecule has 110 valence electrons. The zero-order valence-electron chi connectivity index (χ0n) is 13.1. The average Bonchev–Trinajstić information content (AvgIpc) is 2.43. The smallest absolute Gasteiger partial charge is 0.244 e. The van der Waals surface area contributed by atoms with Gasteiger partial charge < -0.3 is 5.32 Å². The van der Waals surface area contributed by atoms with Crippen LogP contribution in [0.2, 0.25) is 0 Å². The molecule has 1 saturated heterocycles. The van der Waals surface area contributed by atoms with Gasteiger partial charge in [0, 0.05) is 5.69 Å². The van der Waals surface area contributed by atoms with Crippen LogP contribution in [0.3, 0.4) is 0 Å². The Balaban J connectivity index is 2.14. The lowest BCUT2D eigenvalue weighted by Gasteiger charge is -2.39. The molecule has 0 radical (unpaired) electrons. The number of nitrogens with one attached hydrogen (secondary N) is 1. The van der Waals surface area contributed by atoms with Crippen LogP contribution >= 0.6 is 0 Å². The second-order valence-corrected chi connectivity index (χ2v) is 6.33. The molecule has 20 heavy (non-hydrogen) atoms. The molecule has 3 heteroatoms. The highest BCUT2D eigenvalue weighted by molar-refractivity contribution is 5.98. The van der Waals surface area contributed by atoms with Gasteiger partial charge in [0.2, 0.25) is 5.91 Å². The van der Waals surface area contributed by atoms with Crippen LogP contribution < -0.4 is 5.32 Å². The van der Waals surface area contributed by atoms with Crippen LogP contribution in [0, 0.1) is 13.8 Å². The van der Waals surface area contributed by atoms with Crippen LogP contribution in [0.1, 0.15) is 44.2 Å². The van der Waals surface area contributed by atoms with Gasteiger partial charge in [-0.05, 0) is 64.8 Å². The Bertz CT molecular complexity index is 468. The SMILES string of the molecule is Cc1cccc(C)c1NC(=O)C(C)(C)N1CCCCC1. The van der Waals surface area contributed by atoms with Gasteiger partial charge >= 0.3 is 0 Å². The van der Waals surface area contributed by atoms with E-state index in [4.69, 9.17) is 0 Å². The van der Waals surface area contributed by atoms with Gasteiger partial charge in [0.15, 0.2) is 0 Å². The van der Waals surface area contributed by atoms with Gasteiger partial charge in [-0.3, -0.25) is 9.69 Å². The molecule has 3 nitrogen and oxygen atoms in total. The van der Waals surface area contributed by atoms with Crippen LogP contribution in [0.15, 0.2) is 18.2 Å². The molecule has 0 unspecified atom stereocenters. The third-order valence-corrected chi connectivity index (χ3v) is 4.42. The Morgan fingerprint density at radius 2 is 1.65 bits per heavy atom. The predicted octanol–water partition coefficient (Wildman–Crippen LogP) is 3.51. The summed E-state index contributed by atoms with van der Waals surface area (Å²) in [6, 6.07) is 6.10. The maximum Gasteiger partial charge on any atom is 0.244 e. The molecule has 1 aromatic rings. The molecule has 1 aromatic carbocycles. The lowest BCUT2D eigenvalue weighted by molar-refractivity contribution is -0.126. The Hall–Kier alpha value is -1.35. The summed E-state index contributed by atoms with van der Waals surface area (Å²) in [5.41, 5.74) is 2.75. The van der Waals surface area contributed by atoms with E-state index in [0.29, 0.717) is 0 Å². The molecule has 0 saturated carbocycles. The molecule has 1 fully saturated rings. The van der Waals surface area contributed by atoms with Crippen molar-refractivity contribution in [2.45, 2.75) is 52.5 Å². The molecule has 0 spiro atoms. The number of carbonyl (C=O) groups excluding carboxylic acids is 1. The second kappa shape index (κ2) is 5.96. The standard InChI is InChI=1S/C17H26N2O/c1-13-9-8-10-14(2)15(13)18-16(20)17(3,4)19-11-6-5-7-12-19/h8-10H,5-7,11-12H2,1-4H3,(H,18,20). The fourth-order valence-corrected chi connectivity index (χ4v) is 2.87. The van der Waals surface area contributed by atoms with E-state index in [1.54, 1.807) is 0 Å². The number of amides is 1. The number of hydrogen-bond acceptors (Lipinski definition) is 2. The predicted molar refractivity (Wildman–Crippen MR) is 84.0 cm³/mol. The lowest BCUT2D eigenvalue weighted by atomic mass is 9.97. The van der Waals surface area contributed by atoms with Crippen molar-refractivity contribution in [2.24, 2.45) is 0 Å². The van der Waals surface area contributed by atoms with E-state index in [9.17, 15) is 4.79 Å². The monoisotopic (exact) mass is 274 g/mol. The summed E-state index contributed by atoms with van der Waals surface area (Å²) >= 11 is 0. The Morgan fingerprint density at radius 1 is 1.10 bits per heavy atom. The van der Waals surface area contributed by atoms with Crippen molar-refractivity contribution in [1.82, 2.24) is 4.90 Å². The summed E-state index contributed by atoms with van der Waals surface area (Å²) in [5, 5.41) is 3.14. The molecule has 1 heterocycles. The van der Waals surface area contributed by atoms with E-state index < -0.39 is 5.54 Å². The molecule has 1 N–H and O–H groups in total. The van der Waals surface area contributed by atoms with Crippen molar-refractivity contribution < 1.29 is 4.79 Å². The normalized spacial score (nSPS) is 17.0. The van der Waals surface area contributed by atoms with Gasteiger partial charge in [-0.15, -0.1) is 0 Å². The summed E-state index contributed by atoms with van der Waals surface area (Å²) in [5.74, 6) is 0.0943. The fourth-order valence-electron chi connectivity index (χ4n) is 2.87. The number of benzene rings is 1. The molecule has 0 atom stereocenters. The third-order valence-electron chi connectivity index (χ3n) is 4.42. The minimum absolute atomic E-state index is 0.0943. The van der Waals surface area contributed by atoms with Crippen molar-refractivity contribution in [1.29, 1.82) is 0 Å². The average molecular weight is 274 g/mol. The third kappa shape index (κ3) is 3.04. The Morgan fingerprint density at radius 3 is 2.20 bits per heavy atom. The minimum atomic E-state index is -0.449. The van der Waals surface area contributed by atoms with Gasteiger partial charge in [-0.25, -0.2) is 0 Å². The highest BCUT2D eigenvalue weighted by Crippen LogP contribution is 2.25. The quantitative estimate of drug-likeness (QED) is 0.915. The van der Waals surface area contributed by atoms with E-state index in [0.717, 1.165) is 29.9 Å². The molecular formula is C17H26N2O. The first-order valence-electron chi connectivity index (χ1n) is 7.55. The van der Waals surface area contributed by atoms with Gasteiger partial charge in [0.1, 0.15) is 0 Å². The van der Waals surface area contributed by atoms with Crippen LogP contribution in [0.5, 0.6) is 0 Å². The number of hydrogen-bond donors (Lipinski definition) is 1. The Labute approximate surface area is 122 Å². The van der Waals surface area contributed by atoms with E-state index in [-0.39, 0.29) is 5.91 Å². The molecule has 1 aliphatic heterocycles. The van der Waals surface area contributed by atoms with Crippen molar-refractivity contribution in [2.75, 3.05) is 18.4 Å². The minimum Gasteiger partial charge on any atom is -0.324 e. The highest BCUT2D eigenvalue weighted by atomic mass is 16.2. The summed E-state index contributed by atoms with van der Waals surface area (Å²) < 4.78 is 0. The number of nitrogens with zero attached hydrogens (tertiary/aromatic N) is 1. The zero-order valence-corrected chi connectivity index (χ0v) is 13.1. The number of likely N-dealkylation sites (tertiary alicyclic amines) is 1. The summed E-state index contributed by atoms with van der Waals surface area (Å²) in [4.78, 5) is 15.0. The number of aryl methyl sites for hydroxylation is 2. The zero-order chi connectivity index (χ0) is 14.8. The number of carbonyl (C=O) groups is 1. The second-order valence-electron chi connectivity index (χ2n) is 6.33. The first-order chi connectivity index (χ1) is 9.43. The van der Waals surface area contributed by atoms with Crippen molar-refractivity contribution in [3.8, 4) is 0 Å². The maximum atomic E-state index is 12.7. The van der Waals surface area contributed by atoms with Crippen LogP contribution in [0.25, 0.3) is 0 Å². The maximum absolute atomic E-state index is 12.7. The van der Waals surface area contributed by atoms with E-state index in [1.165, 1.54) is 19.3 Å². The largest absolute Gasteiger partial charge is 0.324 e. The summed E-state index contributed by atoms with van der Waals surface area (Å²) in [7, 11) is 0. The van der Waals surface area contributed by atoms with Crippen molar-refractivity contribution >= 4 is 11.6 Å². The topological polar surface area (TPSA) is 32.3 Å². The molecule has 0 aromatic heterocycles. The van der Waals surface area contributed by atoms with Gasteiger partial charge in [0.25, 0.3) is 0 Å².